The Labute approximate surface area is 270 Å². The van der Waals surface area contributed by atoms with Crippen molar-refractivity contribution < 1.29 is 23.1 Å². The average molecular weight is 636 g/mol. The number of halogens is 1. The molecule has 1 aliphatic rings. The fourth-order valence-corrected chi connectivity index (χ4v) is 6.93. The normalized spacial score (nSPS) is 16.6. The number of cyclic esters (lactones) is 1. The summed E-state index contributed by atoms with van der Waals surface area (Å²) >= 11 is 0. The third kappa shape index (κ3) is 8.08. The summed E-state index contributed by atoms with van der Waals surface area (Å²) in [5.74, 6) is -1.54. The number of benzene rings is 4. The molecule has 2 amide bonds. The lowest BCUT2D eigenvalue weighted by Crippen LogP contribution is -2.42. The van der Waals surface area contributed by atoms with Crippen molar-refractivity contribution in [1.82, 2.24) is 4.90 Å². The molecule has 1 fully saturated rings. The second-order valence-electron chi connectivity index (χ2n) is 12.4. The summed E-state index contributed by atoms with van der Waals surface area (Å²) in [6.45, 7) is 6.45. The molecule has 4 aromatic carbocycles. The van der Waals surface area contributed by atoms with Crippen molar-refractivity contribution in [2.45, 2.75) is 50.7 Å². The van der Waals surface area contributed by atoms with E-state index in [4.69, 9.17) is 9.16 Å². The molecular weight excluding hydrogens is 598 g/mol. The molecule has 0 bridgehead atoms. The summed E-state index contributed by atoms with van der Waals surface area (Å²) in [4.78, 5) is 29.3. The van der Waals surface area contributed by atoms with Gasteiger partial charge in [-0.25, -0.2) is 14.1 Å². The Morgan fingerprint density at radius 2 is 1.57 bits per heavy atom. The average Bonchev–Trinajstić information content (AvgIpc) is 3.46. The highest BCUT2D eigenvalue weighted by atomic mass is 28.4. The van der Waals surface area contributed by atoms with Crippen molar-refractivity contribution in [3.8, 4) is 6.07 Å². The van der Waals surface area contributed by atoms with Gasteiger partial charge in [-0.15, -0.1) is 0 Å². The number of imide groups is 1. The highest BCUT2D eigenvalue weighted by molar-refractivity contribution is 6.69. The number of carbonyl (C=O) groups excluding carboxylic acids is 2. The van der Waals surface area contributed by atoms with Gasteiger partial charge in [-0.1, -0.05) is 72.8 Å². The van der Waals surface area contributed by atoms with Gasteiger partial charge in [0.1, 0.15) is 18.5 Å². The number of rotatable bonds is 12. The van der Waals surface area contributed by atoms with Gasteiger partial charge in [0.15, 0.2) is 8.32 Å². The zero-order valence-electron chi connectivity index (χ0n) is 26.2. The van der Waals surface area contributed by atoms with Crippen molar-refractivity contribution in [1.29, 1.82) is 5.26 Å². The molecule has 9 heteroatoms. The molecule has 1 heterocycles. The van der Waals surface area contributed by atoms with Crippen molar-refractivity contribution in [3.05, 3.63) is 137 Å². The summed E-state index contributed by atoms with van der Waals surface area (Å²) in [6, 6.07) is 33.2. The number of amides is 2. The van der Waals surface area contributed by atoms with E-state index in [1.807, 2.05) is 72.8 Å². The van der Waals surface area contributed by atoms with E-state index >= 15 is 0 Å². The van der Waals surface area contributed by atoms with Crippen LogP contribution in [0.2, 0.25) is 19.6 Å². The Balaban J connectivity index is 1.58. The molecule has 1 saturated heterocycles. The van der Waals surface area contributed by atoms with Crippen LogP contribution in [0.5, 0.6) is 0 Å². The van der Waals surface area contributed by atoms with Crippen molar-refractivity contribution in [2.75, 3.05) is 11.9 Å². The summed E-state index contributed by atoms with van der Waals surface area (Å²) in [5, 5.41) is 12.9. The van der Waals surface area contributed by atoms with Crippen LogP contribution >= 0.6 is 0 Å². The quantitative estimate of drug-likeness (QED) is 0.157. The minimum absolute atomic E-state index is 0.0552. The zero-order valence-corrected chi connectivity index (χ0v) is 27.2. The minimum Gasteiger partial charge on any atom is -0.446 e. The summed E-state index contributed by atoms with van der Waals surface area (Å²) in [5.41, 5.74) is 3.64. The Morgan fingerprint density at radius 1 is 0.935 bits per heavy atom. The predicted octanol–water partition coefficient (Wildman–Crippen LogP) is 8.56. The largest absolute Gasteiger partial charge is 0.446 e. The van der Waals surface area contributed by atoms with E-state index in [1.54, 1.807) is 24.3 Å². The molecule has 0 aliphatic carbocycles. The first kappa shape index (κ1) is 32.6. The third-order valence-corrected chi connectivity index (χ3v) is 8.98. The molecule has 0 saturated carbocycles. The van der Waals surface area contributed by atoms with Crippen LogP contribution in [-0.2, 0) is 14.0 Å². The smallest absolute Gasteiger partial charge is 0.417 e. The van der Waals surface area contributed by atoms with Gasteiger partial charge in [-0.2, -0.15) is 5.26 Å². The highest BCUT2D eigenvalue weighted by Crippen LogP contribution is 2.39. The van der Waals surface area contributed by atoms with Crippen LogP contribution in [0.4, 0.5) is 14.9 Å². The van der Waals surface area contributed by atoms with E-state index in [0.29, 0.717) is 24.1 Å². The van der Waals surface area contributed by atoms with E-state index < -0.39 is 32.4 Å². The van der Waals surface area contributed by atoms with Gasteiger partial charge in [0.2, 0.25) is 5.91 Å². The molecule has 0 radical (unpaired) electrons. The van der Waals surface area contributed by atoms with Crippen molar-refractivity contribution in [3.63, 3.8) is 0 Å². The number of nitrogens with one attached hydrogen (secondary N) is 1. The monoisotopic (exact) mass is 635 g/mol. The van der Waals surface area contributed by atoms with Gasteiger partial charge in [0.25, 0.3) is 0 Å². The SMILES string of the molecule is C[Si](C)(C)OC(CCC(C(=O)N1C(=O)OCC1c1ccccc1)C(Nc1ccc(F)cc1)c1ccc(C#N)cc1)c1ccccc1. The topological polar surface area (TPSA) is 91.7 Å². The van der Waals surface area contributed by atoms with Crippen LogP contribution in [0, 0.1) is 23.1 Å². The Hall–Kier alpha value is -4.78. The predicted molar refractivity (Wildman–Crippen MR) is 178 cm³/mol. The summed E-state index contributed by atoms with van der Waals surface area (Å²) in [7, 11) is -2.01. The highest BCUT2D eigenvalue weighted by Gasteiger charge is 2.44. The molecule has 4 unspecified atom stereocenters. The second kappa shape index (κ2) is 14.5. The molecule has 4 aromatic rings. The zero-order chi connectivity index (χ0) is 32.7. The molecule has 0 spiro atoms. The van der Waals surface area contributed by atoms with Crippen molar-refractivity contribution >= 4 is 26.0 Å². The maximum Gasteiger partial charge on any atom is 0.417 e. The summed E-state index contributed by atoms with van der Waals surface area (Å²) in [6.07, 6.45) is -0.109. The van der Waals surface area contributed by atoms with Crippen LogP contribution in [0.1, 0.15) is 53.3 Å². The molecule has 5 rings (SSSR count). The second-order valence-corrected chi connectivity index (χ2v) is 16.8. The van der Waals surface area contributed by atoms with Crippen LogP contribution in [0.3, 0.4) is 0 Å². The van der Waals surface area contributed by atoms with Crippen LogP contribution in [0.25, 0.3) is 0 Å². The van der Waals surface area contributed by atoms with E-state index in [1.165, 1.54) is 17.0 Å². The lowest BCUT2D eigenvalue weighted by molar-refractivity contribution is -0.134. The van der Waals surface area contributed by atoms with E-state index in [2.05, 4.69) is 31.0 Å². The number of carbonyl (C=O) groups is 2. The number of hydrogen-bond acceptors (Lipinski definition) is 6. The Morgan fingerprint density at radius 3 is 2.17 bits per heavy atom. The van der Waals surface area contributed by atoms with Crippen LogP contribution < -0.4 is 5.32 Å². The number of hydrogen-bond donors (Lipinski definition) is 1. The number of nitriles is 1. The molecule has 7 nitrogen and oxygen atoms in total. The minimum atomic E-state index is -2.01. The molecule has 4 atom stereocenters. The van der Waals surface area contributed by atoms with Crippen LogP contribution in [-0.4, -0.2) is 31.8 Å². The Bertz CT molecular complexity index is 1660. The van der Waals surface area contributed by atoms with E-state index in [9.17, 15) is 19.2 Å². The first-order valence-electron chi connectivity index (χ1n) is 15.4. The van der Waals surface area contributed by atoms with Gasteiger partial charge in [0.05, 0.1) is 29.7 Å². The first-order chi connectivity index (χ1) is 22.1. The fraction of sp³-hybridized carbons (Fsp3) is 0.270. The van der Waals surface area contributed by atoms with Gasteiger partial charge < -0.3 is 14.5 Å². The molecular formula is C37H38FN3O4Si. The molecule has 236 valence electrons. The molecule has 1 aliphatic heterocycles. The van der Waals surface area contributed by atoms with E-state index in [0.717, 1.165) is 16.7 Å². The van der Waals surface area contributed by atoms with Gasteiger partial charge >= 0.3 is 6.09 Å². The lowest BCUT2D eigenvalue weighted by atomic mass is 9.85. The molecule has 1 N–H and O–H groups in total. The number of nitrogens with zero attached hydrogens (tertiary/aromatic N) is 2. The lowest BCUT2D eigenvalue weighted by Gasteiger charge is -2.34. The Kier molecular flexibility index (Phi) is 10.3. The van der Waals surface area contributed by atoms with Gasteiger partial charge in [0, 0.05) is 5.69 Å². The number of anilines is 1. The van der Waals surface area contributed by atoms with Gasteiger partial charge in [-0.3, -0.25) is 4.79 Å². The maximum absolute atomic E-state index is 14.8. The maximum atomic E-state index is 14.8. The van der Waals surface area contributed by atoms with E-state index in [-0.39, 0.29) is 24.4 Å². The molecule has 46 heavy (non-hydrogen) atoms. The molecule has 0 aromatic heterocycles. The van der Waals surface area contributed by atoms with Gasteiger partial charge in [-0.05, 0) is 85.6 Å². The summed E-state index contributed by atoms with van der Waals surface area (Å²) < 4.78 is 26.0. The van der Waals surface area contributed by atoms with Crippen LogP contribution in [0.15, 0.2) is 109 Å². The fourth-order valence-electron chi connectivity index (χ4n) is 5.82. The standard InChI is InChI=1S/C37H38FN3O4Si/c1-46(2,3)45-34(28-12-8-5-9-13-28)23-22-32(36(42)41-33(25-44-37(41)43)27-10-6-4-7-11-27)35(29-16-14-26(24-39)15-17-29)40-31-20-18-30(38)19-21-31/h4-21,32-35,40H,22-23,25H2,1-3H3. The number of ether oxygens (including phenoxy) is 1. The third-order valence-electron chi connectivity index (χ3n) is 7.99. The first-order valence-corrected chi connectivity index (χ1v) is 18.8. The van der Waals surface area contributed by atoms with Crippen molar-refractivity contribution in [2.24, 2.45) is 5.92 Å².